The van der Waals surface area contributed by atoms with Gasteiger partial charge in [-0.05, 0) is 69.0 Å². The lowest BCUT2D eigenvalue weighted by atomic mass is 10.1. The Bertz CT molecular complexity index is 1130. The first-order valence-electron chi connectivity index (χ1n) is 9.46. The van der Waals surface area contributed by atoms with Crippen molar-refractivity contribution in [2.24, 2.45) is 0 Å². The van der Waals surface area contributed by atoms with Crippen LogP contribution in [0.2, 0.25) is 5.02 Å². The SMILES string of the molecule is Cc1cc(C)c(S(=O)(=O)N2CCCC2c2nc(-c3ccc(Cl)cc3)no2)c(C)c1. The summed E-state index contributed by atoms with van der Waals surface area (Å²) in [5, 5.41) is 4.67. The molecule has 8 heteroatoms. The van der Waals surface area contributed by atoms with Crippen molar-refractivity contribution in [3.63, 3.8) is 0 Å². The number of hydrogen-bond acceptors (Lipinski definition) is 5. The fourth-order valence-corrected chi connectivity index (χ4v) is 6.24. The van der Waals surface area contributed by atoms with E-state index >= 15 is 0 Å². The van der Waals surface area contributed by atoms with Crippen LogP contribution in [0.25, 0.3) is 11.4 Å². The van der Waals surface area contributed by atoms with Crippen molar-refractivity contribution in [3.8, 4) is 11.4 Å². The van der Waals surface area contributed by atoms with Gasteiger partial charge in [0.25, 0.3) is 0 Å². The molecule has 2 heterocycles. The zero-order chi connectivity index (χ0) is 20.8. The Labute approximate surface area is 175 Å². The van der Waals surface area contributed by atoms with Crippen molar-refractivity contribution in [1.29, 1.82) is 0 Å². The standard InChI is InChI=1S/C21H22ClN3O3S/c1-13-11-14(2)19(15(3)12-13)29(26,27)25-10-4-5-18(25)21-23-20(24-28-21)16-6-8-17(22)9-7-16/h6-9,11-12,18H,4-5,10H2,1-3H3. The number of halogens is 1. The average Bonchev–Trinajstić information content (AvgIpc) is 3.31. The van der Waals surface area contributed by atoms with E-state index in [1.54, 1.807) is 24.3 Å². The Balaban J connectivity index is 1.69. The number of nitrogens with zero attached hydrogens (tertiary/aromatic N) is 3. The molecule has 1 unspecified atom stereocenters. The summed E-state index contributed by atoms with van der Waals surface area (Å²) in [4.78, 5) is 4.85. The Hall–Kier alpha value is -2.22. The Morgan fingerprint density at radius 3 is 2.41 bits per heavy atom. The van der Waals surface area contributed by atoms with Crippen LogP contribution in [-0.4, -0.2) is 29.4 Å². The second-order valence-corrected chi connectivity index (χ2v) is 9.73. The minimum atomic E-state index is -3.69. The maximum absolute atomic E-state index is 13.5. The van der Waals surface area contributed by atoms with Crippen molar-refractivity contribution in [2.75, 3.05) is 6.54 Å². The number of aryl methyl sites for hydroxylation is 3. The Morgan fingerprint density at radius 1 is 1.10 bits per heavy atom. The molecule has 0 spiro atoms. The van der Waals surface area contributed by atoms with Crippen LogP contribution in [0.3, 0.4) is 0 Å². The number of rotatable bonds is 4. The second-order valence-electron chi connectivity index (χ2n) is 7.46. The van der Waals surface area contributed by atoms with Gasteiger partial charge in [-0.3, -0.25) is 0 Å². The van der Waals surface area contributed by atoms with E-state index in [1.807, 2.05) is 32.9 Å². The van der Waals surface area contributed by atoms with E-state index in [9.17, 15) is 8.42 Å². The molecule has 6 nitrogen and oxygen atoms in total. The molecule has 1 fully saturated rings. The molecule has 152 valence electrons. The average molecular weight is 432 g/mol. The summed E-state index contributed by atoms with van der Waals surface area (Å²) < 4.78 is 34.0. The quantitative estimate of drug-likeness (QED) is 0.590. The summed E-state index contributed by atoms with van der Waals surface area (Å²) >= 11 is 5.93. The van der Waals surface area contributed by atoms with Gasteiger partial charge in [0.15, 0.2) is 0 Å². The summed E-state index contributed by atoms with van der Waals surface area (Å²) in [6.45, 7) is 6.07. The molecule has 3 aromatic rings. The van der Waals surface area contributed by atoms with Crippen LogP contribution in [0.1, 0.15) is 41.5 Å². The molecule has 2 aromatic carbocycles. The van der Waals surface area contributed by atoms with Crippen LogP contribution in [-0.2, 0) is 10.0 Å². The number of sulfonamides is 1. The van der Waals surface area contributed by atoms with Gasteiger partial charge in [-0.2, -0.15) is 9.29 Å². The van der Waals surface area contributed by atoms with Gasteiger partial charge in [-0.1, -0.05) is 34.5 Å². The van der Waals surface area contributed by atoms with Crippen LogP contribution >= 0.6 is 11.6 Å². The highest BCUT2D eigenvalue weighted by Gasteiger charge is 2.40. The third-order valence-electron chi connectivity index (χ3n) is 5.20. The van der Waals surface area contributed by atoms with Gasteiger partial charge in [-0.15, -0.1) is 0 Å². The minimum Gasteiger partial charge on any atom is -0.337 e. The van der Waals surface area contributed by atoms with Crippen molar-refractivity contribution < 1.29 is 12.9 Å². The number of benzene rings is 2. The lowest BCUT2D eigenvalue weighted by Crippen LogP contribution is -2.32. The molecule has 1 aliphatic heterocycles. The Kier molecular flexibility index (Phi) is 5.23. The van der Waals surface area contributed by atoms with E-state index in [2.05, 4.69) is 10.1 Å². The molecule has 1 aliphatic rings. The van der Waals surface area contributed by atoms with Gasteiger partial charge in [0.2, 0.25) is 21.7 Å². The molecule has 1 saturated heterocycles. The summed E-state index contributed by atoms with van der Waals surface area (Å²) in [5.41, 5.74) is 3.31. The molecular weight excluding hydrogens is 410 g/mol. The molecule has 1 aromatic heterocycles. The first-order chi connectivity index (χ1) is 13.8. The van der Waals surface area contributed by atoms with E-state index < -0.39 is 16.1 Å². The summed E-state index contributed by atoms with van der Waals surface area (Å²) in [6, 6.07) is 10.4. The molecule has 29 heavy (non-hydrogen) atoms. The molecular formula is C21H22ClN3O3S. The van der Waals surface area contributed by atoms with E-state index in [1.165, 1.54) is 4.31 Å². The fourth-order valence-electron chi connectivity index (χ4n) is 4.05. The fraction of sp³-hybridized carbons (Fsp3) is 0.333. The lowest BCUT2D eigenvalue weighted by molar-refractivity contribution is 0.290. The van der Waals surface area contributed by atoms with Gasteiger partial charge in [0.05, 0.1) is 4.90 Å². The normalized spacial score (nSPS) is 17.7. The van der Waals surface area contributed by atoms with Crippen molar-refractivity contribution in [2.45, 2.75) is 44.6 Å². The zero-order valence-corrected chi connectivity index (χ0v) is 18.1. The van der Waals surface area contributed by atoms with Gasteiger partial charge >= 0.3 is 0 Å². The first-order valence-corrected chi connectivity index (χ1v) is 11.3. The second kappa shape index (κ2) is 7.55. The van der Waals surface area contributed by atoms with Gasteiger partial charge < -0.3 is 4.52 Å². The third-order valence-corrected chi connectivity index (χ3v) is 7.67. The highest BCUT2D eigenvalue weighted by molar-refractivity contribution is 7.89. The highest BCUT2D eigenvalue weighted by Crippen LogP contribution is 2.38. The number of aromatic nitrogens is 2. The molecule has 1 atom stereocenters. The summed E-state index contributed by atoms with van der Waals surface area (Å²) in [6.07, 6.45) is 1.39. The summed E-state index contributed by atoms with van der Waals surface area (Å²) in [7, 11) is -3.69. The van der Waals surface area contributed by atoms with Gasteiger partial charge in [0, 0.05) is 17.1 Å². The zero-order valence-electron chi connectivity index (χ0n) is 16.5. The van der Waals surface area contributed by atoms with E-state index in [0.29, 0.717) is 34.6 Å². The maximum Gasteiger partial charge on any atom is 0.245 e. The van der Waals surface area contributed by atoms with Gasteiger partial charge in [-0.25, -0.2) is 8.42 Å². The van der Waals surface area contributed by atoms with Crippen molar-refractivity contribution >= 4 is 21.6 Å². The molecule has 4 rings (SSSR count). The number of hydrogen-bond donors (Lipinski definition) is 0. The first kappa shape index (κ1) is 20.1. The highest BCUT2D eigenvalue weighted by atomic mass is 35.5. The van der Waals surface area contributed by atoms with E-state index in [0.717, 1.165) is 28.7 Å². The molecule has 0 amide bonds. The predicted octanol–water partition coefficient (Wildman–Crippen LogP) is 4.84. The molecule has 0 bridgehead atoms. The summed E-state index contributed by atoms with van der Waals surface area (Å²) in [5.74, 6) is 0.738. The van der Waals surface area contributed by atoms with Crippen LogP contribution in [0.15, 0.2) is 45.8 Å². The third kappa shape index (κ3) is 3.70. The lowest BCUT2D eigenvalue weighted by Gasteiger charge is -2.23. The molecule has 0 aliphatic carbocycles. The van der Waals surface area contributed by atoms with E-state index in [4.69, 9.17) is 16.1 Å². The molecule has 0 radical (unpaired) electrons. The van der Waals surface area contributed by atoms with Crippen LogP contribution in [0.5, 0.6) is 0 Å². The van der Waals surface area contributed by atoms with Crippen molar-refractivity contribution in [3.05, 3.63) is 64.0 Å². The minimum absolute atomic E-state index is 0.318. The topological polar surface area (TPSA) is 76.3 Å². The van der Waals surface area contributed by atoms with Gasteiger partial charge in [0.1, 0.15) is 6.04 Å². The Morgan fingerprint density at radius 2 is 1.76 bits per heavy atom. The maximum atomic E-state index is 13.5. The van der Waals surface area contributed by atoms with Crippen molar-refractivity contribution in [1.82, 2.24) is 14.4 Å². The van der Waals surface area contributed by atoms with Crippen LogP contribution in [0.4, 0.5) is 0 Å². The monoisotopic (exact) mass is 431 g/mol. The predicted molar refractivity (Wildman–Crippen MR) is 111 cm³/mol. The van der Waals surface area contributed by atoms with E-state index in [-0.39, 0.29) is 0 Å². The largest absolute Gasteiger partial charge is 0.337 e. The van der Waals surface area contributed by atoms with Crippen LogP contribution in [0, 0.1) is 20.8 Å². The molecule has 0 N–H and O–H groups in total. The smallest absolute Gasteiger partial charge is 0.245 e. The molecule has 0 saturated carbocycles. The van der Waals surface area contributed by atoms with Crippen LogP contribution < -0.4 is 0 Å².